The van der Waals surface area contributed by atoms with E-state index in [1.54, 1.807) is 74.6 Å². The van der Waals surface area contributed by atoms with E-state index in [2.05, 4.69) is 68.8 Å². The lowest BCUT2D eigenvalue weighted by molar-refractivity contribution is -0.136. The highest BCUT2D eigenvalue weighted by Gasteiger charge is 2.36. The fraction of sp³-hybridized carbons (Fsp3) is 0.420. The molecule has 1 heterocycles. The van der Waals surface area contributed by atoms with Gasteiger partial charge >= 0.3 is 0 Å². The molecule has 0 unspecified atom stereocenters. The molecule has 0 aliphatic heterocycles. The summed E-state index contributed by atoms with van der Waals surface area (Å²) in [6.07, 6.45) is 0.517. The number of aromatic hydroxyl groups is 2. The number of phenols is 2. The first kappa shape index (κ1) is 81.0. The molecule has 0 aliphatic rings. The normalized spacial score (nSPS) is 13.6. The summed E-state index contributed by atoms with van der Waals surface area (Å²) in [5.41, 5.74) is 19.4. The number of hydrogen-bond acceptors (Lipinski definition) is 17. The number of aliphatic hydroxyl groups is 1. The molecule has 33 nitrogen and oxygen atoms in total. The van der Waals surface area contributed by atoms with Crippen molar-refractivity contribution >= 4 is 93.7 Å². The van der Waals surface area contributed by atoms with E-state index in [9.17, 15) is 77.6 Å². The highest BCUT2D eigenvalue weighted by molar-refractivity contribution is 6.00. The van der Waals surface area contributed by atoms with Gasteiger partial charge in [-0.15, -0.1) is 0 Å². The highest BCUT2D eigenvalue weighted by Crippen LogP contribution is 2.21. The molecule has 0 bridgehead atoms. The predicted molar refractivity (Wildman–Crippen MR) is 373 cm³/mol. The van der Waals surface area contributed by atoms with Crippen LogP contribution in [-0.4, -0.2) is 184 Å². The van der Waals surface area contributed by atoms with Crippen LogP contribution in [-0.2, 0) is 88.0 Å². The number of rotatable bonds is 42. The van der Waals surface area contributed by atoms with Crippen LogP contribution in [0.3, 0.4) is 0 Å². The van der Waals surface area contributed by atoms with Gasteiger partial charge in [-0.3, -0.25) is 67.7 Å². The number of aromatic nitrogens is 1. The Balaban J connectivity index is 1.36. The maximum atomic E-state index is 14.8. The molecular formula is C69H93N17O16. The fourth-order valence-corrected chi connectivity index (χ4v) is 10.8. The molecule has 0 saturated carbocycles. The van der Waals surface area contributed by atoms with E-state index in [0.29, 0.717) is 33.2 Å². The van der Waals surface area contributed by atoms with Gasteiger partial charge in [0.15, 0.2) is 5.96 Å². The van der Waals surface area contributed by atoms with Crippen LogP contribution in [0, 0.1) is 11.3 Å². The lowest BCUT2D eigenvalue weighted by Crippen LogP contribution is -2.61. The third-order valence-corrected chi connectivity index (χ3v) is 15.9. The van der Waals surface area contributed by atoms with Crippen molar-refractivity contribution in [3.63, 3.8) is 0 Å². The summed E-state index contributed by atoms with van der Waals surface area (Å²) < 4.78 is 0. The SMILES string of the molecule is CC(=O)NCCCC[C@H](NC(=O)[C@H](Cc1c[nH]c2ccccc12)NC(=O)[C@H](CC(N)=O)NC(=O)[C@H](Cc1ccc(O)cc1)NC(C)=O)C(=O)N[C@@H](CO)C(=O)N[C@@H](Cc1ccccc1)C(=O)NCC(=O)N[C@@H](CC(C)C)C(=O)N[C@@H](CCCNC(=N)N)C(=O)N[C@@H](Cc1ccc(O)cc1)C(N)=O. The Bertz CT molecular complexity index is 3720. The number of carbonyl (C=O) groups excluding carboxylic acids is 13. The van der Waals surface area contributed by atoms with Gasteiger partial charge in [0.1, 0.15) is 65.9 Å². The van der Waals surface area contributed by atoms with E-state index in [4.69, 9.17) is 22.6 Å². The van der Waals surface area contributed by atoms with Crippen LogP contribution in [0.5, 0.6) is 11.5 Å². The van der Waals surface area contributed by atoms with Gasteiger partial charge in [-0.2, -0.15) is 0 Å². The summed E-state index contributed by atoms with van der Waals surface area (Å²) in [4.78, 5) is 180. The fourth-order valence-electron chi connectivity index (χ4n) is 10.8. The van der Waals surface area contributed by atoms with E-state index < -0.39 is 145 Å². The number of phenolic OH excluding ortho intramolecular Hbond substituents is 2. The van der Waals surface area contributed by atoms with Gasteiger partial charge in [0.25, 0.3) is 0 Å². The number of H-pyrrole nitrogens is 1. The topological polar surface area (TPSA) is 545 Å². The molecule has 1 aromatic heterocycles. The first-order chi connectivity index (χ1) is 48.5. The Morgan fingerprint density at radius 3 is 1.44 bits per heavy atom. The number of nitrogens with one attached hydrogen (secondary N) is 14. The van der Waals surface area contributed by atoms with E-state index >= 15 is 0 Å². The maximum Gasteiger partial charge on any atom is 0.245 e. The summed E-state index contributed by atoms with van der Waals surface area (Å²) in [5.74, 6) is -12.2. The van der Waals surface area contributed by atoms with Crippen LogP contribution < -0.4 is 81.0 Å². The highest BCUT2D eigenvalue weighted by atomic mass is 16.3. The molecule has 33 heteroatoms. The van der Waals surface area contributed by atoms with Crippen LogP contribution in [0.15, 0.2) is 109 Å². The summed E-state index contributed by atoms with van der Waals surface area (Å²) in [7, 11) is 0. The Morgan fingerprint density at radius 2 is 0.902 bits per heavy atom. The molecule has 4 aromatic carbocycles. The van der Waals surface area contributed by atoms with E-state index in [1.165, 1.54) is 55.5 Å². The maximum absolute atomic E-state index is 14.8. The van der Waals surface area contributed by atoms with E-state index in [0.717, 1.165) is 6.92 Å². The number of para-hydroxylation sites is 1. The smallest absolute Gasteiger partial charge is 0.245 e. The molecule has 550 valence electrons. The second kappa shape index (κ2) is 41.1. The second-order valence-corrected chi connectivity index (χ2v) is 24.9. The van der Waals surface area contributed by atoms with E-state index in [1.807, 2.05) is 0 Å². The summed E-state index contributed by atoms with van der Waals surface area (Å²) >= 11 is 0. The molecule has 0 aliphatic carbocycles. The monoisotopic (exact) mass is 1420 g/mol. The van der Waals surface area contributed by atoms with Crippen LogP contribution >= 0.6 is 0 Å². The predicted octanol–water partition coefficient (Wildman–Crippen LogP) is -2.68. The molecule has 13 amide bonds. The number of amides is 13. The van der Waals surface area contributed by atoms with Gasteiger partial charge in [0.2, 0.25) is 76.8 Å². The minimum atomic E-state index is -1.83. The van der Waals surface area contributed by atoms with Gasteiger partial charge in [0.05, 0.1) is 19.6 Å². The van der Waals surface area contributed by atoms with Crippen molar-refractivity contribution in [2.45, 2.75) is 153 Å². The third kappa shape index (κ3) is 28.3. The summed E-state index contributed by atoms with van der Waals surface area (Å²) in [6, 6.07) is 13.4. The van der Waals surface area contributed by atoms with Gasteiger partial charge in [0, 0.05) is 69.7 Å². The van der Waals surface area contributed by atoms with Crippen LogP contribution in [0.25, 0.3) is 10.9 Å². The number of guanidine groups is 1. The van der Waals surface area contributed by atoms with Crippen molar-refractivity contribution in [3.05, 3.63) is 132 Å². The number of carbonyl (C=O) groups is 13. The first-order valence-electron chi connectivity index (χ1n) is 33.1. The number of unbranched alkanes of at least 4 members (excludes halogenated alkanes) is 1. The second-order valence-electron chi connectivity index (χ2n) is 24.9. The minimum absolute atomic E-state index is 0.0234. The van der Waals surface area contributed by atoms with Crippen LogP contribution in [0.4, 0.5) is 0 Å². The third-order valence-electron chi connectivity index (χ3n) is 15.9. The molecular weight excluding hydrogens is 1320 g/mol. The molecule has 0 radical (unpaired) electrons. The van der Waals surface area contributed by atoms with Gasteiger partial charge < -0.3 is 101 Å². The Hall–Kier alpha value is -11.6. The molecule has 0 fully saturated rings. The average molecular weight is 1420 g/mol. The van der Waals surface area contributed by atoms with Gasteiger partial charge in [-0.05, 0) is 97.0 Å². The van der Waals surface area contributed by atoms with Crippen molar-refractivity contribution in [1.29, 1.82) is 5.41 Å². The van der Waals surface area contributed by atoms with Crippen molar-refractivity contribution in [2.24, 2.45) is 23.1 Å². The van der Waals surface area contributed by atoms with Crippen molar-refractivity contribution < 1.29 is 77.6 Å². The van der Waals surface area contributed by atoms with Crippen LogP contribution in [0.2, 0.25) is 0 Å². The summed E-state index contributed by atoms with van der Waals surface area (Å²) in [6.45, 7) is 4.40. The molecule has 5 rings (SSSR count). The average Bonchev–Trinajstić information content (AvgIpc) is 1.69. The first-order valence-corrected chi connectivity index (χ1v) is 33.1. The number of hydrogen-bond donors (Lipinski definition) is 20. The van der Waals surface area contributed by atoms with E-state index in [-0.39, 0.29) is 107 Å². The Morgan fingerprint density at radius 1 is 0.451 bits per heavy atom. The zero-order valence-corrected chi connectivity index (χ0v) is 57.2. The standard InChI is InChI=1S/C69H93N17O16/c1-38(2)29-52(64(98)81-50(18-12-28-75-69(72)73)62(96)82-51(60(71)94)30-42-19-23-45(90)24-20-42)79-59(93)36-77-61(95)53(31-41-13-6-5-7-14-41)83-68(102)57(37-87)86-63(97)49(17-10-11-27-74-39(3)88)80-66(100)55(33-44-35-76-48-16-9-8-15-47(44)48)84-67(101)56(34-58(70)92)85-65(99)54(78-40(4)89)32-43-21-25-46(91)26-22-43/h5-9,13-16,19-26,35,38,49-57,76,87,90-91H,10-12,17-18,27-34,36-37H2,1-4H3,(H2,70,92)(H2,71,94)(H,74,88)(H,77,95)(H,78,89)(H,79,93)(H,80,100)(H,81,98)(H,82,96)(H,83,102)(H,84,101)(H,85,99)(H,86,97)(H4,72,73,75)/t49-,50-,51-,52-,53-,54-,55-,56-,57-/m0/s1. The number of aliphatic hydroxyl groups excluding tert-OH is 1. The molecule has 0 saturated heterocycles. The summed E-state index contributed by atoms with van der Waals surface area (Å²) in [5, 5.41) is 69.1. The number of fused-ring (bicyclic) bond motifs is 1. The lowest BCUT2D eigenvalue weighted by Gasteiger charge is -2.27. The molecule has 5 aromatic rings. The molecule has 9 atom stereocenters. The zero-order chi connectivity index (χ0) is 75.0. The minimum Gasteiger partial charge on any atom is -0.508 e. The Labute approximate surface area is 588 Å². The van der Waals surface area contributed by atoms with Crippen molar-refractivity contribution in [1.82, 2.24) is 68.8 Å². The zero-order valence-electron chi connectivity index (χ0n) is 57.2. The number of primary amides is 2. The van der Waals surface area contributed by atoms with Crippen molar-refractivity contribution in [3.8, 4) is 11.5 Å². The quantitative estimate of drug-likeness (QED) is 0.0108. The lowest BCUT2D eigenvalue weighted by atomic mass is 10.0. The Kier molecular flexibility index (Phi) is 32.6. The molecule has 0 spiro atoms. The van der Waals surface area contributed by atoms with Crippen LogP contribution in [0.1, 0.15) is 94.9 Å². The van der Waals surface area contributed by atoms with Crippen molar-refractivity contribution in [2.75, 3.05) is 26.2 Å². The number of benzene rings is 4. The number of nitrogens with two attached hydrogens (primary N) is 3. The molecule has 102 heavy (non-hydrogen) atoms. The molecule has 23 N–H and O–H groups in total. The van der Waals surface area contributed by atoms with Gasteiger partial charge in [-0.1, -0.05) is 86.6 Å². The largest absolute Gasteiger partial charge is 0.508 e. The number of aromatic amines is 1. The van der Waals surface area contributed by atoms with Gasteiger partial charge in [-0.25, -0.2) is 0 Å².